The molecular formula is C18H17F2NO4. The number of hydrogen-bond acceptors (Lipinski definition) is 4. The van der Waals surface area contributed by atoms with E-state index >= 15 is 0 Å². The van der Waals surface area contributed by atoms with Crippen LogP contribution in [0.3, 0.4) is 0 Å². The van der Waals surface area contributed by atoms with Crippen molar-refractivity contribution in [2.75, 3.05) is 7.11 Å². The van der Waals surface area contributed by atoms with Crippen molar-refractivity contribution in [3.8, 4) is 5.75 Å². The first kappa shape index (κ1) is 18.4. The summed E-state index contributed by atoms with van der Waals surface area (Å²) in [5.41, 5.74) is 0.450. The summed E-state index contributed by atoms with van der Waals surface area (Å²) in [4.78, 5) is 23.9. The van der Waals surface area contributed by atoms with E-state index in [0.717, 1.165) is 17.7 Å². The Labute approximate surface area is 143 Å². The Morgan fingerprint density at radius 2 is 1.76 bits per heavy atom. The van der Waals surface area contributed by atoms with Crippen LogP contribution in [0.2, 0.25) is 0 Å². The molecule has 5 nitrogen and oxygen atoms in total. The molecule has 2 aromatic carbocycles. The van der Waals surface area contributed by atoms with Crippen LogP contribution in [-0.2, 0) is 16.1 Å². The van der Waals surface area contributed by atoms with E-state index in [9.17, 15) is 18.4 Å². The number of benzene rings is 2. The van der Waals surface area contributed by atoms with Crippen molar-refractivity contribution in [2.24, 2.45) is 0 Å². The highest BCUT2D eigenvalue weighted by molar-refractivity contribution is 5.92. The average molecular weight is 349 g/mol. The predicted octanol–water partition coefficient (Wildman–Crippen LogP) is 2.84. The van der Waals surface area contributed by atoms with Gasteiger partial charge in [0.25, 0.3) is 5.91 Å². The Balaban J connectivity index is 1.94. The number of carbonyl (C=O) groups excluding carboxylic acids is 2. The fraction of sp³-hybridized carbons (Fsp3) is 0.222. The Bertz CT molecular complexity index is 759. The van der Waals surface area contributed by atoms with Crippen molar-refractivity contribution in [1.29, 1.82) is 0 Å². The third kappa shape index (κ3) is 5.00. The van der Waals surface area contributed by atoms with Gasteiger partial charge in [0.2, 0.25) is 0 Å². The van der Waals surface area contributed by atoms with E-state index in [1.54, 1.807) is 24.3 Å². The highest BCUT2D eigenvalue weighted by Gasteiger charge is 2.20. The van der Waals surface area contributed by atoms with Gasteiger partial charge in [-0.15, -0.1) is 0 Å². The number of halogens is 2. The molecule has 0 aliphatic carbocycles. The van der Waals surface area contributed by atoms with Gasteiger partial charge in [-0.3, -0.25) is 4.79 Å². The number of nitrogens with one attached hydrogen (secondary N) is 1. The molecule has 0 aliphatic heterocycles. The average Bonchev–Trinajstić information content (AvgIpc) is 2.58. The van der Waals surface area contributed by atoms with E-state index in [2.05, 4.69) is 5.32 Å². The Hall–Kier alpha value is -2.96. The molecule has 2 aromatic rings. The zero-order valence-corrected chi connectivity index (χ0v) is 13.7. The smallest absolute Gasteiger partial charge is 0.339 e. The summed E-state index contributed by atoms with van der Waals surface area (Å²) < 4.78 is 36.4. The van der Waals surface area contributed by atoms with Crippen molar-refractivity contribution in [3.05, 3.63) is 65.2 Å². The minimum atomic E-state index is -1.13. The summed E-state index contributed by atoms with van der Waals surface area (Å²) in [5.74, 6) is -2.72. The molecule has 0 fully saturated rings. The van der Waals surface area contributed by atoms with Gasteiger partial charge in [-0.05, 0) is 25.1 Å². The quantitative estimate of drug-likeness (QED) is 0.815. The molecule has 0 bridgehead atoms. The lowest BCUT2D eigenvalue weighted by Gasteiger charge is -2.14. The molecule has 0 heterocycles. The summed E-state index contributed by atoms with van der Waals surface area (Å²) >= 11 is 0. The van der Waals surface area contributed by atoms with Crippen molar-refractivity contribution in [2.45, 2.75) is 19.6 Å². The van der Waals surface area contributed by atoms with Gasteiger partial charge in [0, 0.05) is 18.2 Å². The van der Waals surface area contributed by atoms with E-state index in [-0.39, 0.29) is 12.1 Å². The van der Waals surface area contributed by atoms with Crippen LogP contribution in [0.5, 0.6) is 5.75 Å². The number of methoxy groups -OCH3 is 1. The molecule has 0 aromatic heterocycles. The summed E-state index contributed by atoms with van der Waals surface area (Å²) in [5, 5.41) is 2.61. The van der Waals surface area contributed by atoms with Gasteiger partial charge in [0.15, 0.2) is 6.10 Å². The standard InChI is InChI=1S/C18H17F2NO4/c1-11(25-18(23)13-7-14(19)9-15(20)8-13)17(22)21-10-12-5-3-4-6-16(12)24-2/h3-9,11H,10H2,1-2H3,(H,21,22)/t11-/m1/s1. The van der Waals surface area contributed by atoms with Crippen LogP contribution in [0, 0.1) is 11.6 Å². The molecule has 0 saturated heterocycles. The van der Waals surface area contributed by atoms with Gasteiger partial charge in [-0.2, -0.15) is 0 Å². The predicted molar refractivity (Wildman–Crippen MR) is 86.1 cm³/mol. The van der Waals surface area contributed by atoms with E-state index in [1.165, 1.54) is 14.0 Å². The maximum Gasteiger partial charge on any atom is 0.339 e. The van der Waals surface area contributed by atoms with Gasteiger partial charge >= 0.3 is 5.97 Å². The van der Waals surface area contributed by atoms with Crippen molar-refractivity contribution in [1.82, 2.24) is 5.32 Å². The van der Waals surface area contributed by atoms with Crippen molar-refractivity contribution < 1.29 is 27.8 Å². The minimum absolute atomic E-state index is 0.180. The van der Waals surface area contributed by atoms with E-state index in [4.69, 9.17) is 9.47 Å². The van der Waals surface area contributed by atoms with E-state index < -0.39 is 29.6 Å². The van der Waals surface area contributed by atoms with Gasteiger partial charge in [-0.1, -0.05) is 18.2 Å². The molecular weight excluding hydrogens is 332 g/mol. The second kappa shape index (κ2) is 8.23. The number of esters is 1. The lowest BCUT2D eigenvalue weighted by atomic mass is 10.2. The van der Waals surface area contributed by atoms with Crippen molar-refractivity contribution in [3.63, 3.8) is 0 Å². The highest BCUT2D eigenvalue weighted by Crippen LogP contribution is 2.17. The number of amides is 1. The summed E-state index contributed by atoms with van der Waals surface area (Å²) in [6.07, 6.45) is -1.13. The first-order valence-electron chi connectivity index (χ1n) is 7.47. The van der Waals surface area contributed by atoms with Crippen LogP contribution in [0.1, 0.15) is 22.8 Å². The topological polar surface area (TPSA) is 64.6 Å². The monoisotopic (exact) mass is 349 g/mol. The van der Waals surface area contributed by atoms with Crippen LogP contribution < -0.4 is 10.1 Å². The third-order valence-corrected chi connectivity index (χ3v) is 3.40. The largest absolute Gasteiger partial charge is 0.496 e. The second-order valence-electron chi connectivity index (χ2n) is 5.24. The zero-order valence-electron chi connectivity index (χ0n) is 13.7. The molecule has 25 heavy (non-hydrogen) atoms. The Morgan fingerprint density at radius 1 is 1.12 bits per heavy atom. The first-order valence-corrected chi connectivity index (χ1v) is 7.47. The molecule has 1 amide bonds. The molecule has 0 saturated carbocycles. The molecule has 2 rings (SSSR count). The van der Waals surface area contributed by atoms with Gasteiger partial charge in [0.05, 0.1) is 12.7 Å². The minimum Gasteiger partial charge on any atom is -0.496 e. The Morgan fingerprint density at radius 3 is 2.40 bits per heavy atom. The lowest BCUT2D eigenvalue weighted by Crippen LogP contribution is -2.35. The molecule has 1 N–H and O–H groups in total. The molecule has 0 spiro atoms. The number of carbonyl (C=O) groups is 2. The Kier molecular flexibility index (Phi) is 6.05. The van der Waals surface area contributed by atoms with E-state index in [1.807, 2.05) is 0 Å². The maximum atomic E-state index is 13.1. The van der Waals surface area contributed by atoms with E-state index in [0.29, 0.717) is 11.8 Å². The summed E-state index contributed by atoms with van der Waals surface area (Å²) in [7, 11) is 1.52. The van der Waals surface area contributed by atoms with Crippen LogP contribution in [-0.4, -0.2) is 25.1 Å². The van der Waals surface area contributed by atoms with Crippen LogP contribution in [0.25, 0.3) is 0 Å². The third-order valence-electron chi connectivity index (χ3n) is 3.40. The number of hydrogen-bond donors (Lipinski definition) is 1. The van der Waals surface area contributed by atoms with Crippen molar-refractivity contribution >= 4 is 11.9 Å². The molecule has 0 unspecified atom stereocenters. The molecule has 0 radical (unpaired) electrons. The zero-order chi connectivity index (χ0) is 18.4. The molecule has 132 valence electrons. The van der Waals surface area contributed by atoms with Crippen LogP contribution in [0.4, 0.5) is 8.78 Å². The van der Waals surface area contributed by atoms with Gasteiger partial charge < -0.3 is 14.8 Å². The second-order valence-corrected chi connectivity index (χ2v) is 5.24. The molecule has 0 aliphatic rings. The van der Waals surface area contributed by atoms with Gasteiger partial charge in [0.1, 0.15) is 17.4 Å². The highest BCUT2D eigenvalue weighted by atomic mass is 19.1. The first-order chi connectivity index (χ1) is 11.9. The summed E-state index contributed by atoms with van der Waals surface area (Å²) in [6, 6.07) is 9.45. The number of rotatable bonds is 6. The molecule has 7 heteroatoms. The van der Waals surface area contributed by atoms with Crippen LogP contribution >= 0.6 is 0 Å². The fourth-order valence-electron chi connectivity index (χ4n) is 2.13. The summed E-state index contributed by atoms with van der Waals surface area (Å²) in [6.45, 7) is 1.55. The fourth-order valence-corrected chi connectivity index (χ4v) is 2.13. The molecule has 1 atom stereocenters. The maximum absolute atomic E-state index is 13.1. The van der Waals surface area contributed by atoms with Gasteiger partial charge in [-0.25, -0.2) is 13.6 Å². The number of para-hydroxylation sites is 1. The normalized spacial score (nSPS) is 11.5. The number of ether oxygens (including phenoxy) is 2. The van der Waals surface area contributed by atoms with Crippen LogP contribution in [0.15, 0.2) is 42.5 Å². The SMILES string of the molecule is COc1ccccc1CNC(=O)[C@@H](C)OC(=O)c1cc(F)cc(F)c1. The lowest BCUT2D eigenvalue weighted by molar-refractivity contribution is -0.129.